The molecule has 1 amide bonds. The van der Waals surface area contributed by atoms with Gasteiger partial charge in [0, 0.05) is 18.1 Å². The molecule has 1 aromatic heterocycles. The first-order valence-corrected chi connectivity index (χ1v) is 8.90. The molecule has 1 N–H and O–H groups in total. The summed E-state index contributed by atoms with van der Waals surface area (Å²) in [7, 11) is 0. The van der Waals surface area contributed by atoms with E-state index in [1.54, 1.807) is 11.0 Å². The lowest BCUT2D eigenvalue weighted by atomic mass is 10.1. The summed E-state index contributed by atoms with van der Waals surface area (Å²) in [5.41, 5.74) is 1.50. The van der Waals surface area contributed by atoms with E-state index in [2.05, 4.69) is 15.0 Å². The number of rotatable bonds is 5. The molecule has 1 atom stereocenters. The Hall–Kier alpha value is -3.35. The number of nitro groups is 1. The molecular weight excluding hydrogens is 411 g/mol. The van der Waals surface area contributed by atoms with Gasteiger partial charge < -0.3 is 24.9 Å². The van der Waals surface area contributed by atoms with E-state index in [4.69, 9.17) is 4.74 Å². The molecule has 2 aromatic rings. The monoisotopic (exact) mass is 427 g/mol. The number of ether oxygens (including phenoxy) is 2. The largest absolute Gasteiger partial charge is 0.573 e. The second kappa shape index (κ2) is 7.48. The third-order valence-corrected chi connectivity index (χ3v) is 4.68. The molecule has 0 radical (unpaired) electrons. The van der Waals surface area contributed by atoms with Crippen LogP contribution < -0.4 is 14.8 Å². The number of carbonyl (C=O) groups excluding carboxylic acids is 1. The molecule has 10 nitrogen and oxygen atoms in total. The Labute approximate surface area is 167 Å². The number of benzene rings is 1. The van der Waals surface area contributed by atoms with Crippen molar-refractivity contribution in [2.24, 2.45) is 0 Å². The van der Waals surface area contributed by atoms with Crippen LogP contribution in [-0.2, 0) is 24.4 Å². The molecule has 0 fully saturated rings. The first-order valence-electron chi connectivity index (χ1n) is 8.90. The van der Waals surface area contributed by atoms with Crippen LogP contribution in [0.5, 0.6) is 11.8 Å². The first kappa shape index (κ1) is 19.9. The van der Waals surface area contributed by atoms with Crippen LogP contribution in [0.3, 0.4) is 0 Å². The molecule has 2 aliphatic heterocycles. The van der Waals surface area contributed by atoms with Crippen LogP contribution in [0, 0.1) is 10.1 Å². The highest BCUT2D eigenvalue weighted by Gasteiger charge is 2.32. The molecule has 0 bridgehead atoms. The predicted octanol–water partition coefficient (Wildman–Crippen LogP) is 1.58. The second-order valence-corrected chi connectivity index (χ2v) is 6.99. The maximum absolute atomic E-state index is 12.4. The smallest absolute Gasteiger partial charge is 0.444 e. The van der Waals surface area contributed by atoms with E-state index < -0.39 is 17.3 Å². The minimum absolute atomic E-state index is 0.0393. The van der Waals surface area contributed by atoms with Crippen molar-refractivity contribution in [1.82, 2.24) is 19.8 Å². The summed E-state index contributed by atoms with van der Waals surface area (Å²) in [6, 6.07) is 3.85. The number of hydrogen-bond donors (Lipinski definition) is 1. The summed E-state index contributed by atoms with van der Waals surface area (Å²) in [6.45, 7) is 1.18. The maximum Gasteiger partial charge on any atom is 0.573 e. The summed E-state index contributed by atoms with van der Waals surface area (Å²) in [6.07, 6.45) is -3.52. The average Bonchev–Trinajstić information content (AvgIpc) is 3.22. The highest BCUT2D eigenvalue weighted by Crippen LogP contribution is 2.29. The van der Waals surface area contributed by atoms with Crippen molar-refractivity contribution in [2.45, 2.75) is 32.0 Å². The van der Waals surface area contributed by atoms with Gasteiger partial charge >= 0.3 is 18.2 Å². The lowest BCUT2D eigenvalue weighted by Gasteiger charge is -2.24. The van der Waals surface area contributed by atoms with Crippen LogP contribution in [0.15, 0.2) is 24.4 Å². The summed E-state index contributed by atoms with van der Waals surface area (Å²) >= 11 is 0. The number of nitrogens with one attached hydrogen (secondary N) is 1. The standard InChI is InChI=1S/C17H16F3N5O5/c18-17(19,20)30-13-2-1-10-4-23(5-11(10)3-13)8-15(26)21-12-6-24-7-14(25(27)28)22-16(24)29-9-12/h1-3,7,12H,4-6,8-9H2,(H,21,26)/t12-/m0/s1. The van der Waals surface area contributed by atoms with Crippen molar-refractivity contribution in [3.63, 3.8) is 0 Å². The molecule has 0 unspecified atom stereocenters. The zero-order valence-electron chi connectivity index (χ0n) is 15.4. The van der Waals surface area contributed by atoms with Crippen molar-refractivity contribution < 1.29 is 32.4 Å². The summed E-state index contributed by atoms with van der Waals surface area (Å²) in [5, 5.41) is 13.6. The van der Waals surface area contributed by atoms with Crippen LogP contribution in [0.1, 0.15) is 11.1 Å². The number of carbonyl (C=O) groups is 1. The van der Waals surface area contributed by atoms with Crippen LogP contribution in [0.2, 0.25) is 0 Å². The Kier molecular flexibility index (Phi) is 4.97. The zero-order valence-corrected chi connectivity index (χ0v) is 15.4. The normalized spacial score (nSPS) is 18.3. The summed E-state index contributed by atoms with van der Waals surface area (Å²) in [4.78, 5) is 28.1. The van der Waals surface area contributed by atoms with Gasteiger partial charge in [-0.1, -0.05) is 6.07 Å². The van der Waals surface area contributed by atoms with Crippen molar-refractivity contribution in [2.75, 3.05) is 13.2 Å². The van der Waals surface area contributed by atoms with Gasteiger partial charge in [0.15, 0.2) is 0 Å². The van der Waals surface area contributed by atoms with Crippen molar-refractivity contribution in [3.05, 3.63) is 45.6 Å². The van der Waals surface area contributed by atoms with Gasteiger partial charge in [0.25, 0.3) is 0 Å². The van der Waals surface area contributed by atoms with Gasteiger partial charge in [0.05, 0.1) is 19.1 Å². The molecule has 0 saturated heterocycles. The Morgan fingerprint density at radius 2 is 2.13 bits per heavy atom. The van der Waals surface area contributed by atoms with Crippen molar-refractivity contribution in [3.8, 4) is 11.8 Å². The molecule has 13 heteroatoms. The fraction of sp³-hybridized carbons (Fsp3) is 0.412. The maximum atomic E-state index is 12.4. The van der Waals surface area contributed by atoms with E-state index in [9.17, 15) is 28.1 Å². The van der Waals surface area contributed by atoms with Gasteiger partial charge in [-0.2, -0.15) is 0 Å². The molecule has 1 aromatic carbocycles. The lowest BCUT2D eigenvalue weighted by Crippen LogP contribution is -2.47. The number of nitrogens with zero attached hydrogens (tertiary/aromatic N) is 4. The quantitative estimate of drug-likeness (QED) is 0.570. The number of fused-ring (bicyclic) bond motifs is 2. The van der Waals surface area contributed by atoms with Gasteiger partial charge in [-0.15, -0.1) is 13.2 Å². The molecule has 3 heterocycles. The summed E-state index contributed by atoms with van der Waals surface area (Å²) < 4.78 is 47.8. The third-order valence-electron chi connectivity index (χ3n) is 4.68. The van der Waals surface area contributed by atoms with Crippen molar-refractivity contribution in [1.29, 1.82) is 0 Å². The number of aromatic nitrogens is 2. The van der Waals surface area contributed by atoms with E-state index in [1.165, 1.54) is 22.9 Å². The van der Waals surface area contributed by atoms with E-state index in [0.717, 1.165) is 5.56 Å². The molecule has 0 aliphatic carbocycles. The molecule has 0 spiro atoms. The predicted molar refractivity (Wildman–Crippen MR) is 93.5 cm³/mol. The lowest BCUT2D eigenvalue weighted by molar-refractivity contribution is -0.389. The average molecular weight is 427 g/mol. The Morgan fingerprint density at radius 3 is 2.87 bits per heavy atom. The van der Waals surface area contributed by atoms with E-state index in [1.807, 2.05) is 0 Å². The van der Waals surface area contributed by atoms with E-state index >= 15 is 0 Å². The topological polar surface area (TPSA) is 112 Å². The Bertz CT molecular complexity index is 993. The minimum atomic E-state index is -4.76. The molecule has 2 aliphatic rings. The Morgan fingerprint density at radius 1 is 1.37 bits per heavy atom. The Balaban J connectivity index is 1.31. The van der Waals surface area contributed by atoms with Gasteiger partial charge in [-0.3, -0.25) is 14.3 Å². The van der Waals surface area contributed by atoms with Crippen LogP contribution in [-0.4, -0.2) is 50.8 Å². The molecule has 0 saturated carbocycles. The highest BCUT2D eigenvalue weighted by atomic mass is 19.4. The summed E-state index contributed by atoms with van der Waals surface area (Å²) in [5.74, 6) is -0.918. The van der Waals surface area contributed by atoms with Crippen LogP contribution in [0.4, 0.5) is 19.0 Å². The second-order valence-electron chi connectivity index (χ2n) is 6.99. The van der Waals surface area contributed by atoms with Gasteiger partial charge in [-0.25, -0.2) is 0 Å². The molecular formula is C17H16F3N5O5. The molecule has 4 rings (SSSR count). The number of alkyl halides is 3. The fourth-order valence-electron chi connectivity index (χ4n) is 3.50. The van der Waals surface area contributed by atoms with Crippen LogP contribution >= 0.6 is 0 Å². The number of halogens is 3. The third kappa shape index (κ3) is 4.45. The highest BCUT2D eigenvalue weighted by molar-refractivity contribution is 5.78. The number of hydrogen-bond acceptors (Lipinski definition) is 7. The van der Waals surface area contributed by atoms with Gasteiger partial charge in [-0.05, 0) is 28.2 Å². The van der Waals surface area contributed by atoms with E-state index in [-0.39, 0.29) is 43.2 Å². The van der Waals surface area contributed by atoms with Crippen LogP contribution in [0.25, 0.3) is 0 Å². The zero-order chi connectivity index (χ0) is 21.5. The van der Waals surface area contributed by atoms with E-state index in [0.29, 0.717) is 18.7 Å². The van der Waals surface area contributed by atoms with Crippen molar-refractivity contribution >= 4 is 11.7 Å². The fourth-order valence-corrected chi connectivity index (χ4v) is 3.50. The van der Waals surface area contributed by atoms with Gasteiger partial charge in [0.1, 0.15) is 18.6 Å². The SMILES string of the molecule is O=C(CN1Cc2ccc(OC(F)(F)F)cc2C1)N[C@@H]1COc2nc([N+](=O)[O-])cn2C1. The molecule has 160 valence electrons. The minimum Gasteiger partial charge on any atom is -0.444 e. The molecule has 30 heavy (non-hydrogen) atoms. The number of amides is 1. The first-order chi connectivity index (χ1) is 14.2. The van der Waals surface area contributed by atoms with Gasteiger partial charge in [0.2, 0.25) is 5.91 Å². The number of imidazole rings is 1.